The maximum atomic E-state index is 12.8. The monoisotopic (exact) mass is 297 g/mol. The second kappa shape index (κ2) is 5.41. The number of hydrogen-bond donors (Lipinski definition) is 2. The first-order valence-corrected chi connectivity index (χ1v) is 6.38. The largest absolute Gasteiger partial charge is 0.411 e. The molecule has 1 aromatic rings. The Bertz CT molecular complexity index is 622. The van der Waals surface area contributed by atoms with Crippen LogP contribution in [-0.2, 0) is 0 Å². The third-order valence-corrected chi connectivity index (χ3v) is 3.30. The van der Waals surface area contributed by atoms with E-state index in [4.69, 9.17) is 5.11 Å². The van der Waals surface area contributed by atoms with Gasteiger partial charge in [-0.05, 0) is 43.5 Å². The minimum Gasteiger partial charge on any atom is -0.384 e. The zero-order valence-electron chi connectivity index (χ0n) is 11.3. The summed E-state index contributed by atoms with van der Waals surface area (Å²) in [6.45, 7) is 1.39. The third kappa shape index (κ3) is 3.37. The number of rotatable bonds is 2. The molecule has 2 rings (SSSR count). The molecule has 3 nitrogen and oxygen atoms in total. The SMILES string of the molecule is Cc1cc(C#CCO)cc(C(=O)NC2(C(F)(F)F)CC2)c1. The molecule has 1 aromatic carbocycles. The van der Waals surface area contributed by atoms with Gasteiger partial charge in [0.1, 0.15) is 12.1 Å². The summed E-state index contributed by atoms with van der Waals surface area (Å²) >= 11 is 0. The fourth-order valence-electron chi connectivity index (χ4n) is 2.02. The van der Waals surface area contributed by atoms with E-state index < -0.39 is 17.6 Å². The van der Waals surface area contributed by atoms with Gasteiger partial charge in [0.15, 0.2) is 0 Å². The quantitative estimate of drug-likeness (QED) is 0.822. The van der Waals surface area contributed by atoms with Gasteiger partial charge >= 0.3 is 6.18 Å². The standard InChI is InChI=1S/C15H14F3NO2/c1-10-7-11(3-2-6-20)9-12(8-10)13(21)19-14(4-5-14)15(16,17)18/h7-9,20H,4-6H2,1H3,(H,19,21). The summed E-state index contributed by atoms with van der Waals surface area (Å²) in [4.78, 5) is 12.0. The molecule has 112 valence electrons. The van der Waals surface area contributed by atoms with Crippen LogP contribution < -0.4 is 5.32 Å². The Labute approximate surface area is 120 Å². The lowest BCUT2D eigenvalue weighted by atomic mass is 10.1. The van der Waals surface area contributed by atoms with Crippen molar-refractivity contribution in [2.45, 2.75) is 31.5 Å². The van der Waals surface area contributed by atoms with Gasteiger partial charge in [-0.15, -0.1) is 0 Å². The summed E-state index contributed by atoms with van der Waals surface area (Å²) in [5.41, 5.74) is -0.759. The van der Waals surface area contributed by atoms with Gasteiger partial charge in [-0.25, -0.2) is 0 Å². The molecule has 1 aliphatic rings. The summed E-state index contributed by atoms with van der Waals surface area (Å²) < 4.78 is 38.5. The minimum absolute atomic E-state index is 0.0920. The molecule has 1 aliphatic carbocycles. The van der Waals surface area contributed by atoms with E-state index in [-0.39, 0.29) is 25.0 Å². The number of aliphatic hydroxyl groups is 1. The summed E-state index contributed by atoms with van der Waals surface area (Å²) in [7, 11) is 0. The van der Waals surface area contributed by atoms with E-state index in [2.05, 4.69) is 17.2 Å². The number of halogens is 3. The number of nitrogens with one attached hydrogen (secondary N) is 1. The van der Waals surface area contributed by atoms with E-state index in [1.165, 1.54) is 12.1 Å². The number of amides is 1. The highest BCUT2D eigenvalue weighted by Gasteiger charge is 2.64. The van der Waals surface area contributed by atoms with Gasteiger partial charge in [0.05, 0.1) is 0 Å². The Morgan fingerprint density at radius 1 is 1.38 bits per heavy atom. The Kier molecular flexibility index (Phi) is 3.97. The molecular weight excluding hydrogens is 283 g/mol. The van der Waals surface area contributed by atoms with E-state index in [1.807, 2.05) is 0 Å². The van der Waals surface area contributed by atoms with Crippen molar-refractivity contribution in [2.75, 3.05) is 6.61 Å². The molecule has 1 fully saturated rings. The van der Waals surface area contributed by atoms with Crippen LogP contribution in [0.5, 0.6) is 0 Å². The smallest absolute Gasteiger partial charge is 0.384 e. The predicted molar refractivity (Wildman–Crippen MR) is 70.6 cm³/mol. The van der Waals surface area contributed by atoms with Gasteiger partial charge in [0, 0.05) is 11.1 Å². The molecule has 0 radical (unpaired) electrons. The normalized spacial score (nSPS) is 15.9. The predicted octanol–water partition coefficient (Wildman–Crippen LogP) is 2.16. The van der Waals surface area contributed by atoms with Crippen LogP contribution in [0.15, 0.2) is 18.2 Å². The van der Waals surface area contributed by atoms with Gasteiger partial charge < -0.3 is 10.4 Å². The molecule has 2 N–H and O–H groups in total. The van der Waals surface area contributed by atoms with Gasteiger partial charge in [-0.3, -0.25) is 4.79 Å². The van der Waals surface area contributed by atoms with Gasteiger partial charge in [-0.2, -0.15) is 13.2 Å². The lowest BCUT2D eigenvalue weighted by molar-refractivity contribution is -0.163. The first-order valence-electron chi connectivity index (χ1n) is 6.38. The van der Waals surface area contributed by atoms with Crippen LogP contribution in [0.1, 0.15) is 34.3 Å². The summed E-state index contributed by atoms with van der Waals surface area (Å²) in [5.74, 6) is 4.31. The zero-order chi connectivity index (χ0) is 15.7. The molecule has 21 heavy (non-hydrogen) atoms. The van der Waals surface area contributed by atoms with Gasteiger partial charge in [-0.1, -0.05) is 11.8 Å². The van der Waals surface area contributed by atoms with Crippen LogP contribution in [0.4, 0.5) is 13.2 Å². The number of carbonyl (C=O) groups is 1. The lowest BCUT2D eigenvalue weighted by Gasteiger charge is -2.20. The molecule has 0 atom stereocenters. The average Bonchev–Trinajstić information content (AvgIpc) is 3.16. The maximum absolute atomic E-state index is 12.8. The molecule has 6 heteroatoms. The van der Waals surface area contributed by atoms with Crippen LogP contribution in [0, 0.1) is 18.8 Å². The number of benzene rings is 1. The number of carbonyl (C=O) groups excluding carboxylic acids is 1. The Morgan fingerprint density at radius 3 is 2.57 bits per heavy atom. The molecule has 0 aromatic heterocycles. The van der Waals surface area contributed by atoms with E-state index in [9.17, 15) is 18.0 Å². The van der Waals surface area contributed by atoms with Gasteiger partial charge in [0.2, 0.25) is 0 Å². The number of aliphatic hydroxyl groups excluding tert-OH is 1. The van der Waals surface area contributed by atoms with Crippen molar-refractivity contribution in [3.63, 3.8) is 0 Å². The number of hydrogen-bond acceptors (Lipinski definition) is 2. The van der Waals surface area contributed by atoms with Crippen molar-refractivity contribution < 1.29 is 23.1 Å². The fourth-order valence-corrected chi connectivity index (χ4v) is 2.02. The summed E-state index contributed by atoms with van der Waals surface area (Å²) in [5, 5.41) is 10.7. The average molecular weight is 297 g/mol. The molecule has 1 saturated carbocycles. The van der Waals surface area contributed by atoms with Crippen molar-refractivity contribution >= 4 is 5.91 Å². The van der Waals surface area contributed by atoms with Crippen molar-refractivity contribution in [1.29, 1.82) is 0 Å². The number of alkyl halides is 3. The van der Waals surface area contributed by atoms with E-state index in [0.717, 1.165) is 0 Å². The molecule has 0 unspecified atom stereocenters. The highest BCUT2D eigenvalue weighted by atomic mass is 19.4. The molecule has 0 saturated heterocycles. The Hall–Kier alpha value is -2.00. The third-order valence-electron chi connectivity index (χ3n) is 3.30. The first-order chi connectivity index (χ1) is 9.77. The molecular formula is C15H14F3NO2. The van der Waals surface area contributed by atoms with Crippen LogP contribution in [-0.4, -0.2) is 29.3 Å². The van der Waals surface area contributed by atoms with Crippen molar-refractivity contribution in [3.8, 4) is 11.8 Å². The highest BCUT2D eigenvalue weighted by Crippen LogP contribution is 2.49. The molecule has 0 aliphatic heterocycles. The summed E-state index contributed by atoms with van der Waals surface area (Å²) in [6, 6.07) is 4.61. The van der Waals surface area contributed by atoms with Crippen LogP contribution in [0.3, 0.4) is 0 Å². The lowest BCUT2D eigenvalue weighted by Crippen LogP contribution is -2.47. The second-order valence-electron chi connectivity index (χ2n) is 5.08. The molecule has 0 bridgehead atoms. The first kappa shape index (κ1) is 15.4. The second-order valence-corrected chi connectivity index (χ2v) is 5.08. The topological polar surface area (TPSA) is 49.3 Å². The molecule has 1 amide bonds. The summed E-state index contributed by atoms with van der Waals surface area (Å²) in [6.07, 6.45) is -4.62. The van der Waals surface area contributed by atoms with Crippen molar-refractivity contribution in [3.05, 3.63) is 34.9 Å². The Morgan fingerprint density at radius 2 is 2.05 bits per heavy atom. The maximum Gasteiger partial charge on any atom is 0.411 e. The van der Waals surface area contributed by atoms with E-state index in [0.29, 0.717) is 11.1 Å². The van der Waals surface area contributed by atoms with E-state index >= 15 is 0 Å². The molecule has 0 spiro atoms. The van der Waals surface area contributed by atoms with Crippen LogP contribution >= 0.6 is 0 Å². The minimum atomic E-state index is -4.44. The number of aryl methyl sites for hydroxylation is 1. The Balaban J connectivity index is 2.22. The van der Waals surface area contributed by atoms with Gasteiger partial charge in [0.25, 0.3) is 5.91 Å². The van der Waals surface area contributed by atoms with Crippen molar-refractivity contribution in [2.24, 2.45) is 0 Å². The van der Waals surface area contributed by atoms with E-state index in [1.54, 1.807) is 13.0 Å². The van der Waals surface area contributed by atoms with Crippen LogP contribution in [0.2, 0.25) is 0 Å². The fraction of sp³-hybridized carbons (Fsp3) is 0.400. The zero-order valence-corrected chi connectivity index (χ0v) is 11.3. The molecule has 0 heterocycles. The highest BCUT2D eigenvalue weighted by molar-refractivity contribution is 5.95. The van der Waals surface area contributed by atoms with Crippen molar-refractivity contribution in [1.82, 2.24) is 5.32 Å². The van der Waals surface area contributed by atoms with Crippen LogP contribution in [0.25, 0.3) is 0 Å².